The molecule has 0 aliphatic heterocycles. The Morgan fingerprint density at radius 2 is 1.50 bits per heavy atom. The molecule has 2 aromatic carbocycles. The van der Waals surface area contributed by atoms with Gasteiger partial charge in [-0.25, -0.2) is 0 Å². The summed E-state index contributed by atoms with van der Waals surface area (Å²) in [5, 5.41) is 11.4. The van der Waals surface area contributed by atoms with Gasteiger partial charge in [-0.05, 0) is 73.0 Å². The number of carbonyl (C=O) groups excluding carboxylic acids is 1. The molecule has 1 aliphatic rings. The molecule has 0 amide bonds. The van der Waals surface area contributed by atoms with Gasteiger partial charge >= 0.3 is 0 Å². The Balaban J connectivity index is 1.57. The van der Waals surface area contributed by atoms with Gasteiger partial charge in [0.1, 0.15) is 23.2 Å². The molecule has 1 aliphatic carbocycles. The lowest BCUT2D eigenvalue weighted by Gasteiger charge is -2.30. The lowest BCUT2D eigenvalue weighted by atomic mass is 9.77. The smallest absolute Gasteiger partial charge is 0.183 e. The third-order valence-electron chi connectivity index (χ3n) is 8.60. The van der Waals surface area contributed by atoms with Crippen LogP contribution in [0.2, 0.25) is 0 Å². The number of methoxy groups -OCH3 is 3. The summed E-state index contributed by atoms with van der Waals surface area (Å²) in [4.78, 5) is 16.1. The maximum Gasteiger partial charge on any atom is 0.183 e. The molecular weight excluding hydrogens is 608 g/mol. The number of rotatable bonds is 22. The van der Waals surface area contributed by atoms with E-state index < -0.39 is 5.92 Å². The first-order valence-corrected chi connectivity index (χ1v) is 17.0. The van der Waals surface area contributed by atoms with Crippen molar-refractivity contribution in [3.05, 3.63) is 82.9 Å². The minimum atomic E-state index is -0.740. The van der Waals surface area contributed by atoms with E-state index in [1.807, 2.05) is 59.2 Å². The number of ketones is 1. The van der Waals surface area contributed by atoms with Gasteiger partial charge < -0.3 is 38.3 Å². The molecule has 1 unspecified atom stereocenters. The van der Waals surface area contributed by atoms with E-state index in [0.717, 1.165) is 72.7 Å². The third kappa shape index (κ3) is 9.30. The molecule has 0 saturated carbocycles. The number of Topliss-reactive ketones (excluding diaryl/α,β-unsaturated/α-hetero) is 1. The number of anilines is 1. The van der Waals surface area contributed by atoms with Crippen molar-refractivity contribution in [2.45, 2.75) is 52.0 Å². The van der Waals surface area contributed by atoms with Crippen molar-refractivity contribution in [2.24, 2.45) is 0 Å². The normalized spacial score (nSPS) is 14.5. The summed E-state index contributed by atoms with van der Waals surface area (Å²) in [6, 6.07) is 17.5. The predicted octanol–water partition coefficient (Wildman–Crippen LogP) is 7.40. The van der Waals surface area contributed by atoms with Crippen molar-refractivity contribution in [1.82, 2.24) is 4.57 Å². The average Bonchev–Trinajstić information content (AvgIpc) is 3.50. The van der Waals surface area contributed by atoms with Gasteiger partial charge in [0.2, 0.25) is 0 Å². The van der Waals surface area contributed by atoms with Crippen LogP contribution in [0, 0.1) is 0 Å². The van der Waals surface area contributed by atoms with E-state index in [0.29, 0.717) is 50.9 Å². The molecule has 1 N–H and O–H groups in total. The monoisotopic (exact) mass is 660 g/mol. The maximum absolute atomic E-state index is 13.7. The molecule has 0 saturated heterocycles. The van der Waals surface area contributed by atoms with Crippen molar-refractivity contribution >= 4 is 29.2 Å². The van der Waals surface area contributed by atoms with E-state index >= 15 is 0 Å². The van der Waals surface area contributed by atoms with Crippen LogP contribution in [0.15, 0.2) is 60.4 Å². The molecule has 260 valence electrons. The van der Waals surface area contributed by atoms with E-state index in [2.05, 4.69) is 30.9 Å². The van der Waals surface area contributed by atoms with Gasteiger partial charge in [0, 0.05) is 49.4 Å². The Bertz CT molecular complexity index is 1500. The maximum atomic E-state index is 13.7. The lowest BCUT2D eigenvalue weighted by Crippen LogP contribution is -2.31. The fourth-order valence-corrected chi connectivity index (χ4v) is 5.85. The minimum absolute atomic E-state index is 0.0918. The van der Waals surface area contributed by atoms with E-state index in [9.17, 15) is 9.90 Å². The highest BCUT2D eigenvalue weighted by Crippen LogP contribution is 2.44. The first-order valence-electron chi connectivity index (χ1n) is 17.0. The molecule has 1 aromatic heterocycles. The molecule has 1 heterocycles. The predicted molar refractivity (Wildman–Crippen MR) is 192 cm³/mol. The molecule has 0 bridgehead atoms. The van der Waals surface area contributed by atoms with Crippen LogP contribution >= 0.6 is 0 Å². The molecule has 9 nitrogen and oxygen atoms in total. The first kappa shape index (κ1) is 36.8. The number of aliphatic hydroxyl groups is 1. The standard InChI is InChI=1S/C39H52N2O7/c1-6-8-20-40(21-9-7-2)31-13-10-29(11-14-31)36-38(42)37(39(36)43)34-18-16-32(41(34)22-23-47-26-27-48-25-24-44-3)15-12-30-28-33(45-4)17-19-35(30)46-5/h10-19,28,37,42H,6-9,20-27H2,1-5H3. The molecule has 0 fully saturated rings. The van der Waals surface area contributed by atoms with Gasteiger partial charge in [-0.1, -0.05) is 38.8 Å². The fraction of sp³-hybridized carbons (Fsp3) is 0.462. The SMILES string of the molecule is CCCCN(CCCC)c1ccc(C2=C(O)C(c3ccc(C=Cc4cc(OC)ccc4OC)n3CCOCCOCCOC)C2=O)cc1. The molecule has 4 rings (SSSR count). The zero-order valence-electron chi connectivity index (χ0n) is 29.2. The number of nitrogens with zero attached hydrogens (tertiary/aromatic N) is 2. The van der Waals surface area contributed by atoms with Gasteiger partial charge in [-0.3, -0.25) is 4.79 Å². The topological polar surface area (TPSA) is 91.6 Å². The minimum Gasteiger partial charge on any atom is -0.510 e. The summed E-state index contributed by atoms with van der Waals surface area (Å²) >= 11 is 0. The van der Waals surface area contributed by atoms with Crippen LogP contribution < -0.4 is 14.4 Å². The highest BCUT2D eigenvalue weighted by atomic mass is 16.5. The summed E-state index contributed by atoms with van der Waals surface area (Å²) in [6.07, 6.45) is 8.48. The van der Waals surface area contributed by atoms with E-state index in [4.69, 9.17) is 23.7 Å². The summed E-state index contributed by atoms with van der Waals surface area (Å²) in [5.41, 5.74) is 4.71. The highest BCUT2D eigenvalue weighted by molar-refractivity contribution is 6.31. The van der Waals surface area contributed by atoms with Gasteiger partial charge in [-0.15, -0.1) is 0 Å². The average molecular weight is 661 g/mol. The molecule has 48 heavy (non-hydrogen) atoms. The van der Waals surface area contributed by atoms with E-state index in [1.165, 1.54) is 0 Å². The van der Waals surface area contributed by atoms with Crippen molar-refractivity contribution < 1.29 is 33.6 Å². The van der Waals surface area contributed by atoms with E-state index in [-0.39, 0.29) is 11.5 Å². The zero-order valence-corrected chi connectivity index (χ0v) is 29.2. The molecule has 1 atom stereocenters. The number of allylic oxidation sites excluding steroid dienone is 2. The zero-order chi connectivity index (χ0) is 34.3. The fourth-order valence-electron chi connectivity index (χ4n) is 5.85. The molecule has 0 spiro atoms. The van der Waals surface area contributed by atoms with Crippen LogP contribution in [-0.2, 0) is 25.5 Å². The number of ether oxygens (including phenoxy) is 5. The largest absolute Gasteiger partial charge is 0.510 e. The molecule has 9 heteroatoms. The summed E-state index contributed by atoms with van der Waals surface area (Å²) in [7, 11) is 4.90. The van der Waals surface area contributed by atoms with Crippen molar-refractivity contribution in [1.29, 1.82) is 0 Å². The van der Waals surface area contributed by atoms with Crippen molar-refractivity contribution in [2.75, 3.05) is 72.4 Å². The summed E-state index contributed by atoms with van der Waals surface area (Å²) in [6.45, 7) is 9.28. The number of hydrogen-bond donors (Lipinski definition) is 1. The number of aromatic nitrogens is 1. The Kier molecular flexibility index (Phi) is 14.6. The van der Waals surface area contributed by atoms with Gasteiger partial charge in [0.15, 0.2) is 5.78 Å². The molecule has 3 aromatic rings. The Morgan fingerprint density at radius 3 is 2.12 bits per heavy atom. The molecule has 0 radical (unpaired) electrons. The van der Waals surface area contributed by atoms with Crippen LogP contribution in [0.3, 0.4) is 0 Å². The number of unbranched alkanes of at least 4 members (excludes halogenated alkanes) is 2. The lowest BCUT2D eigenvalue weighted by molar-refractivity contribution is -0.116. The Labute approximate surface area is 285 Å². The van der Waals surface area contributed by atoms with Crippen LogP contribution in [-0.4, -0.2) is 82.9 Å². The van der Waals surface area contributed by atoms with Crippen LogP contribution in [0.5, 0.6) is 11.5 Å². The summed E-state index contributed by atoms with van der Waals surface area (Å²) in [5.74, 6) is 0.699. The van der Waals surface area contributed by atoms with Crippen LogP contribution in [0.1, 0.15) is 68.0 Å². The molecular formula is C39H52N2O7. The number of aliphatic hydroxyl groups excluding tert-OH is 1. The van der Waals surface area contributed by atoms with Gasteiger partial charge in [-0.2, -0.15) is 0 Å². The second-order valence-electron chi connectivity index (χ2n) is 11.8. The first-order chi connectivity index (χ1) is 23.5. The van der Waals surface area contributed by atoms with Crippen molar-refractivity contribution in [3.63, 3.8) is 0 Å². The summed E-state index contributed by atoms with van der Waals surface area (Å²) < 4.78 is 29.4. The van der Waals surface area contributed by atoms with Crippen LogP contribution in [0.4, 0.5) is 5.69 Å². The van der Waals surface area contributed by atoms with Gasteiger partial charge in [0.05, 0.1) is 52.8 Å². The van der Waals surface area contributed by atoms with Gasteiger partial charge in [0.25, 0.3) is 0 Å². The Morgan fingerprint density at radius 1 is 0.812 bits per heavy atom. The second kappa shape index (κ2) is 19.1. The number of carbonyl (C=O) groups is 1. The van der Waals surface area contributed by atoms with Crippen molar-refractivity contribution in [3.8, 4) is 11.5 Å². The van der Waals surface area contributed by atoms with Crippen LogP contribution in [0.25, 0.3) is 17.7 Å². The second-order valence-corrected chi connectivity index (χ2v) is 11.8. The number of benzene rings is 2. The highest BCUT2D eigenvalue weighted by Gasteiger charge is 2.43. The quantitative estimate of drug-likeness (QED) is 0.112. The van der Waals surface area contributed by atoms with E-state index in [1.54, 1.807) is 21.3 Å². The Hall–Kier alpha value is -4.05. The third-order valence-corrected chi connectivity index (χ3v) is 8.60. The number of hydrogen-bond acceptors (Lipinski definition) is 8.